The Morgan fingerprint density at radius 1 is 1.31 bits per heavy atom. The molecule has 0 spiro atoms. The molecule has 0 bridgehead atoms. The topological polar surface area (TPSA) is 52.3 Å². The van der Waals surface area contributed by atoms with Gasteiger partial charge in [-0.05, 0) is 19.1 Å². The molecule has 0 radical (unpaired) electrons. The zero-order valence-electron chi connectivity index (χ0n) is 8.69. The summed E-state index contributed by atoms with van der Waals surface area (Å²) in [5, 5.41) is 3.83. The van der Waals surface area contributed by atoms with Crippen LogP contribution in [-0.2, 0) is 6.61 Å². The molecule has 2 aromatic rings. The lowest BCUT2D eigenvalue weighted by Crippen LogP contribution is -2.02. The predicted molar refractivity (Wildman–Crippen MR) is 55.4 cm³/mol. The summed E-state index contributed by atoms with van der Waals surface area (Å²) in [7, 11) is 0. The first-order chi connectivity index (χ1) is 7.77. The molecule has 1 aromatic carbocycles. The van der Waals surface area contributed by atoms with E-state index in [1.807, 2.05) is 12.1 Å². The minimum absolute atomic E-state index is 0.0816. The van der Waals surface area contributed by atoms with E-state index in [1.165, 1.54) is 0 Å². The first kappa shape index (κ1) is 9.15. The van der Waals surface area contributed by atoms with Crippen molar-refractivity contribution in [3.63, 3.8) is 0 Å². The second-order valence-corrected chi connectivity index (χ2v) is 3.67. The van der Waals surface area contributed by atoms with Crippen molar-refractivity contribution in [1.82, 2.24) is 5.16 Å². The van der Waals surface area contributed by atoms with Crippen LogP contribution in [0, 0.1) is 6.92 Å². The number of carbonyl (C=O) groups excluding carboxylic acids is 1. The fraction of sp³-hybridized carbons (Fsp3) is 0.167. The average Bonchev–Trinajstić information content (AvgIpc) is 2.60. The number of fused-ring (bicyclic) bond motifs is 2. The molecular formula is C12H9NO3. The highest BCUT2D eigenvalue weighted by molar-refractivity contribution is 6.12. The number of nitrogens with zero attached hydrogens (tertiary/aromatic N) is 1. The monoisotopic (exact) mass is 215 g/mol. The Kier molecular flexibility index (Phi) is 1.83. The number of aryl methyl sites for hydroxylation is 1. The minimum atomic E-state index is -0.0816. The molecule has 3 rings (SSSR count). The second-order valence-electron chi connectivity index (χ2n) is 3.67. The third-order valence-electron chi connectivity index (χ3n) is 2.66. The summed E-state index contributed by atoms with van der Waals surface area (Å²) in [6, 6.07) is 7.19. The van der Waals surface area contributed by atoms with Gasteiger partial charge in [0.05, 0.1) is 11.1 Å². The summed E-state index contributed by atoms with van der Waals surface area (Å²) in [4.78, 5) is 12.2. The van der Waals surface area contributed by atoms with Crippen molar-refractivity contribution in [1.29, 1.82) is 0 Å². The number of hydrogen-bond donors (Lipinski definition) is 0. The van der Waals surface area contributed by atoms with Crippen molar-refractivity contribution >= 4 is 5.78 Å². The number of carbonyl (C=O) groups is 1. The smallest absolute Gasteiger partial charge is 0.202 e. The largest absolute Gasteiger partial charge is 0.486 e. The van der Waals surface area contributed by atoms with Gasteiger partial charge in [-0.3, -0.25) is 4.79 Å². The third kappa shape index (κ3) is 1.16. The first-order valence-electron chi connectivity index (χ1n) is 4.99. The summed E-state index contributed by atoms with van der Waals surface area (Å²) in [6.45, 7) is 2.01. The SMILES string of the molecule is Cc1onc2c1C(=O)c1ccccc1OC2. The Bertz CT molecular complexity index is 571. The summed E-state index contributed by atoms with van der Waals surface area (Å²) in [5.74, 6) is 1.06. The van der Waals surface area contributed by atoms with E-state index >= 15 is 0 Å². The number of aromatic nitrogens is 1. The molecule has 16 heavy (non-hydrogen) atoms. The van der Waals surface area contributed by atoms with Crippen molar-refractivity contribution in [3.8, 4) is 5.75 Å². The third-order valence-corrected chi connectivity index (χ3v) is 2.66. The van der Waals surface area contributed by atoms with Crippen LogP contribution in [0.4, 0.5) is 0 Å². The molecule has 1 aliphatic heterocycles. The van der Waals surface area contributed by atoms with Crippen molar-refractivity contribution in [2.75, 3.05) is 0 Å². The van der Waals surface area contributed by atoms with Crippen LogP contribution in [0.1, 0.15) is 27.4 Å². The molecule has 0 aliphatic carbocycles. The standard InChI is InChI=1S/C12H9NO3/c1-7-11-9(13-16-7)6-15-10-5-3-2-4-8(10)12(11)14/h2-5H,6H2,1H3. The summed E-state index contributed by atoms with van der Waals surface area (Å²) in [6.07, 6.45) is 0. The molecule has 80 valence electrons. The summed E-state index contributed by atoms with van der Waals surface area (Å²) in [5.41, 5.74) is 1.66. The van der Waals surface area contributed by atoms with Crippen LogP contribution in [0.15, 0.2) is 28.8 Å². The maximum absolute atomic E-state index is 12.2. The van der Waals surface area contributed by atoms with Crippen LogP contribution in [0.3, 0.4) is 0 Å². The molecule has 4 heteroatoms. The maximum atomic E-state index is 12.2. The van der Waals surface area contributed by atoms with Crippen molar-refractivity contribution in [2.45, 2.75) is 13.5 Å². The quantitative estimate of drug-likeness (QED) is 0.675. The molecule has 0 amide bonds. The molecule has 0 saturated heterocycles. The van der Waals surface area contributed by atoms with Crippen LogP contribution in [0.2, 0.25) is 0 Å². The van der Waals surface area contributed by atoms with Gasteiger partial charge in [-0.1, -0.05) is 17.3 Å². The maximum Gasteiger partial charge on any atom is 0.202 e. The van der Waals surface area contributed by atoms with E-state index in [1.54, 1.807) is 19.1 Å². The van der Waals surface area contributed by atoms with Crippen LogP contribution >= 0.6 is 0 Å². The lowest BCUT2D eigenvalue weighted by Gasteiger charge is -2.04. The molecule has 1 aliphatic rings. The van der Waals surface area contributed by atoms with Gasteiger partial charge in [0.1, 0.15) is 23.8 Å². The van der Waals surface area contributed by atoms with Gasteiger partial charge in [-0.25, -0.2) is 0 Å². The molecule has 1 aromatic heterocycles. The number of hydrogen-bond acceptors (Lipinski definition) is 4. The molecule has 0 saturated carbocycles. The molecule has 4 nitrogen and oxygen atoms in total. The number of ketones is 1. The lowest BCUT2D eigenvalue weighted by molar-refractivity contribution is 0.103. The van der Waals surface area contributed by atoms with Gasteiger partial charge >= 0.3 is 0 Å². The summed E-state index contributed by atoms with van der Waals surface area (Å²) >= 11 is 0. The van der Waals surface area contributed by atoms with E-state index in [9.17, 15) is 4.79 Å². The second kappa shape index (κ2) is 3.20. The van der Waals surface area contributed by atoms with Gasteiger partial charge in [-0.2, -0.15) is 0 Å². The van der Waals surface area contributed by atoms with Gasteiger partial charge in [0, 0.05) is 0 Å². The number of benzene rings is 1. The van der Waals surface area contributed by atoms with Crippen molar-refractivity contribution in [3.05, 3.63) is 46.8 Å². The van der Waals surface area contributed by atoms with E-state index in [2.05, 4.69) is 5.16 Å². The summed E-state index contributed by atoms with van der Waals surface area (Å²) < 4.78 is 10.5. The van der Waals surface area contributed by atoms with Crippen molar-refractivity contribution in [2.24, 2.45) is 0 Å². The van der Waals surface area contributed by atoms with Crippen LogP contribution < -0.4 is 4.74 Å². The molecule has 0 unspecified atom stereocenters. The molecule has 0 N–H and O–H groups in total. The number of ether oxygens (including phenoxy) is 1. The van der Waals surface area contributed by atoms with Gasteiger partial charge in [0.15, 0.2) is 0 Å². The fourth-order valence-corrected chi connectivity index (χ4v) is 1.87. The van der Waals surface area contributed by atoms with E-state index in [0.29, 0.717) is 28.3 Å². The van der Waals surface area contributed by atoms with Crippen LogP contribution in [0.25, 0.3) is 0 Å². The fourth-order valence-electron chi connectivity index (χ4n) is 1.87. The van der Waals surface area contributed by atoms with E-state index < -0.39 is 0 Å². The Morgan fingerprint density at radius 3 is 3.00 bits per heavy atom. The highest BCUT2D eigenvalue weighted by atomic mass is 16.5. The van der Waals surface area contributed by atoms with Crippen LogP contribution in [0.5, 0.6) is 5.75 Å². The number of para-hydroxylation sites is 1. The Hall–Kier alpha value is -2.10. The molecular weight excluding hydrogens is 206 g/mol. The predicted octanol–water partition coefficient (Wildman–Crippen LogP) is 2.11. The Labute approximate surface area is 91.8 Å². The van der Waals surface area contributed by atoms with E-state index in [4.69, 9.17) is 9.26 Å². The average molecular weight is 215 g/mol. The minimum Gasteiger partial charge on any atom is -0.486 e. The van der Waals surface area contributed by atoms with E-state index in [-0.39, 0.29) is 12.4 Å². The normalized spacial score (nSPS) is 13.7. The zero-order chi connectivity index (χ0) is 11.1. The van der Waals surface area contributed by atoms with Gasteiger partial charge < -0.3 is 9.26 Å². The first-order valence-corrected chi connectivity index (χ1v) is 4.99. The zero-order valence-corrected chi connectivity index (χ0v) is 8.69. The molecule has 0 fully saturated rings. The van der Waals surface area contributed by atoms with Gasteiger partial charge in [0.2, 0.25) is 5.78 Å². The Morgan fingerprint density at radius 2 is 2.12 bits per heavy atom. The number of rotatable bonds is 0. The lowest BCUT2D eigenvalue weighted by atomic mass is 10.0. The van der Waals surface area contributed by atoms with Gasteiger partial charge in [-0.15, -0.1) is 0 Å². The van der Waals surface area contributed by atoms with E-state index in [0.717, 1.165) is 0 Å². The van der Waals surface area contributed by atoms with Gasteiger partial charge in [0.25, 0.3) is 0 Å². The van der Waals surface area contributed by atoms with Crippen molar-refractivity contribution < 1.29 is 14.1 Å². The molecule has 2 heterocycles. The molecule has 0 atom stereocenters. The highest BCUT2D eigenvalue weighted by Gasteiger charge is 2.27. The Balaban J connectivity index is 2.24. The van der Waals surface area contributed by atoms with Crippen LogP contribution in [-0.4, -0.2) is 10.9 Å². The highest BCUT2D eigenvalue weighted by Crippen LogP contribution is 2.29.